The number of aromatic nitrogens is 1. The molecule has 0 fully saturated rings. The van der Waals surface area contributed by atoms with Crippen LogP contribution in [0.2, 0.25) is 0 Å². The molecule has 0 aliphatic carbocycles. The fourth-order valence-corrected chi connectivity index (χ4v) is 3.39. The molecule has 0 saturated heterocycles. The van der Waals surface area contributed by atoms with Crippen LogP contribution in [0.3, 0.4) is 0 Å². The van der Waals surface area contributed by atoms with Crippen LogP contribution in [-0.2, 0) is 6.61 Å². The Balaban J connectivity index is 1.70. The van der Waals surface area contributed by atoms with Crippen LogP contribution in [0.1, 0.15) is 31.5 Å². The summed E-state index contributed by atoms with van der Waals surface area (Å²) in [6, 6.07) is 15.5. The van der Waals surface area contributed by atoms with Crippen LogP contribution in [0, 0.1) is 20.8 Å². The summed E-state index contributed by atoms with van der Waals surface area (Å²) in [5, 5.41) is 3.76. The van der Waals surface area contributed by atoms with Gasteiger partial charge in [0.25, 0.3) is 5.91 Å². The van der Waals surface area contributed by atoms with Crippen molar-refractivity contribution in [2.24, 2.45) is 0 Å². The SMILES string of the molecule is Cc1ccc(NC(=O)c2sc(COc3ccccc3)nc2C)c(C)c1. The van der Waals surface area contributed by atoms with Crippen LogP contribution >= 0.6 is 11.3 Å². The van der Waals surface area contributed by atoms with E-state index in [4.69, 9.17) is 4.74 Å². The van der Waals surface area contributed by atoms with Crippen LogP contribution in [0.5, 0.6) is 5.75 Å². The monoisotopic (exact) mass is 352 g/mol. The minimum atomic E-state index is -0.132. The Morgan fingerprint density at radius 1 is 1.12 bits per heavy atom. The zero-order chi connectivity index (χ0) is 17.8. The summed E-state index contributed by atoms with van der Waals surface area (Å²) >= 11 is 1.37. The molecule has 2 aromatic carbocycles. The first-order chi connectivity index (χ1) is 12.0. The summed E-state index contributed by atoms with van der Waals surface area (Å²) in [6.45, 7) is 6.22. The molecule has 0 bridgehead atoms. The summed E-state index contributed by atoms with van der Waals surface area (Å²) in [6.07, 6.45) is 0. The lowest BCUT2D eigenvalue weighted by Crippen LogP contribution is -2.12. The Morgan fingerprint density at radius 3 is 2.60 bits per heavy atom. The minimum absolute atomic E-state index is 0.132. The zero-order valence-electron chi connectivity index (χ0n) is 14.5. The zero-order valence-corrected chi connectivity index (χ0v) is 15.3. The molecule has 3 rings (SSSR count). The number of thiazole rings is 1. The molecule has 0 atom stereocenters. The first-order valence-corrected chi connectivity index (χ1v) is 8.87. The van der Waals surface area contributed by atoms with Gasteiger partial charge in [-0.05, 0) is 44.5 Å². The van der Waals surface area contributed by atoms with E-state index in [0.717, 1.165) is 27.7 Å². The van der Waals surface area contributed by atoms with Crippen LogP contribution in [0.15, 0.2) is 48.5 Å². The van der Waals surface area contributed by atoms with Crippen LogP contribution in [0.4, 0.5) is 5.69 Å². The smallest absolute Gasteiger partial charge is 0.267 e. The quantitative estimate of drug-likeness (QED) is 0.710. The number of aryl methyl sites for hydroxylation is 3. The normalized spacial score (nSPS) is 10.5. The van der Waals surface area contributed by atoms with Crippen LogP contribution < -0.4 is 10.1 Å². The molecule has 1 amide bonds. The first kappa shape index (κ1) is 17.2. The Hall–Kier alpha value is -2.66. The van der Waals surface area contributed by atoms with Gasteiger partial charge in [0.1, 0.15) is 22.2 Å². The molecule has 1 heterocycles. The van der Waals surface area contributed by atoms with Gasteiger partial charge in [-0.3, -0.25) is 4.79 Å². The van der Waals surface area contributed by atoms with E-state index in [2.05, 4.69) is 10.3 Å². The maximum Gasteiger partial charge on any atom is 0.267 e. The van der Waals surface area contributed by atoms with E-state index in [1.807, 2.05) is 69.3 Å². The van der Waals surface area contributed by atoms with Gasteiger partial charge < -0.3 is 10.1 Å². The fraction of sp³-hybridized carbons (Fsp3) is 0.200. The van der Waals surface area contributed by atoms with Gasteiger partial charge in [0.2, 0.25) is 0 Å². The van der Waals surface area contributed by atoms with Crippen molar-refractivity contribution in [1.29, 1.82) is 0 Å². The highest BCUT2D eigenvalue weighted by atomic mass is 32.1. The lowest BCUT2D eigenvalue weighted by molar-refractivity contribution is 0.102. The second-order valence-corrected chi connectivity index (χ2v) is 6.98. The number of rotatable bonds is 5. The highest BCUT2D eigenvalue weighted by Gasteiger charge is 2.16. The number of carbonyl (C=O) groups is 1. The van der Waals surface area contributed by atoms with Crippen molar-refractivity contribution in [1.82, 2.24) is 4.98 Å². The van der Waals surface area contributed by atoms with Crippen molar-refractivity contribution in [2.75, 3.05) is 5.32 Å². The predicted molar refractivity (Wildman–Crippen MR) is 101 cm³/mol. The van der Waals surface area contributed by atoms with Gasteiger partial charge in [0.15, 0.2) is 0 Å². The maximum absolute atomic E-state index is 12.6. The third-order valence-corrected chi connectivity index (χ3v) is 4.91. The number of amides is 1. The van der Waals surface area contributed by atoms with Crippen molar-refractivity contribution >= 4 is 22.9 Å². The molecule has 128 valence electrons. The number of benzene rings is 2. The van der Waals surface area contributed by atoms with Gasteiger partial charge in [-0.15, -0.1) is 11.3 Å². The molecule has 0 aliphatic rings. The Morgan fingerprint density at radius 2 is 1.88 bits per heavy atom. The third-order valence-electron chi connectivity index (χ3n) is 3.78. The van der Waals surface area contributed by atoms with E-state index < -0.39 is 0 Å². The molecule has 4 nitrogen and oxygen atoms in total. The molecular weight excluding hydrogens is 332 g/mol. The Bertz CT molecular complexity index is 888. The van der Waals surface area contributed by atoms with Crippen molar-refractivity contribution < 1.29 is 9.53 Å². The summed E-state index contributed by atoms with van der Waals surface area (Å²) < 4.78 is 5.71. The number of ether oxygens (including phenoxy) is 1. The van der Waals surface area contributed by atoms with Crippen molar-refractivity contribution in [2.45, 2.75) is 27.4 Å². The summed E-state index contributed by atoms with van der Waals surface area (Å²) in [4.78, 5) is 17.7. The van der Waals surface area contributed by atoms with Crippen molar-refractivity contribution in [3.8, 4) is 5.75 Å². The standard InChI is InChI=1S/C20H20N2O2S/c1-13-9-10-17(14(2)11-13)22-20(23)19-15(3)21-18(25-19)12-24-16-7-5-4-6-8-16/h4-11H,12H2,1-3H3,(H,22,23). The molecule has 0 saturated carbocycles. The van der Waals surface area contributed by atoms with Gasteiger partial charge in [0, 0.05) is 5.69 Å². The Kier molecular flexibility index (Phi) is 5.14. The van der Waals surface area contributed by atoms with E-state index in [-0.39, 0.29) is 5.91 Å². The fourth-order valence-electron chi connectivity index (χ4n) is 2.52. The van der Waals surface area contributed by atoms with E-state index in [9.17, 15) is 4.79 Å². The van der Waals surface area contributed by atoms with Gasteiger partial charge in [-0.25, -0.2) is 4.98 Å². The highest BCUT2D eigenvalue weighted by molar-refractivity contribution is 7.13. The number of hydrogen-bond donors (Lipinski definition) is 1. The summed E-state index contributed by atoms with van der Waals surface area (Å²) in [5.74, 6) is 0.657. The number of carbonyl (C=O) groups excluding carboxylic acids is 1. The Labute approximate surface area is 151 Å². The van der Waals surface area contributed by atoms with E-state index in [1.165, 1.54) is 16.9 Å². The third kappa shape index (κ3) is 4.25. The topological polar surface area (TPSA) is 51.2 Å². The molecule has 0 radical (unpaired) electrons. The van der Waals surface area contributed by atoms with Gasteiger partial charge in [-0.1, -0.05) is 35.9 Å². The number of para-hydroxylation sites is 1. The molecule has 5 heteroatoms. The lowest BCUT2D eigenvalue weighted by atomic mass is 10.1. The lowest BCUT2D eigenvalue weighted by Gasteiger charge is -2.08. The van der Waals surface area contributed by atoms with E-state index >= 15 is 0 Å². The molecule has 25 heavy (non-hydrogen) atoms. The predicted octanol–water partition coefficient (Wildman–Crippen LogP) is 4.90. The molecule has 0 aliphatic heterocycles. The van der Waals surface area contributed by atoms with Gasteiger partial charge >= 0.3 is 0 Å². The van der Waals surface area contributed by atoms with Crippen LogP contribution in [0.25, 0.3) is 0 Å². The largest absolute Gasteiger partial charge is 0.486 e. The van der Waals surface area contributed by atoms with E-state index in [1.54, 1.807) is 0 Å². The number of anilines is 1. The first-order valence-electron chi connectivity index (χ1n) is 8.05. The average Bonchev–Trinajstić information content (AvgIpc) is 2.97. The van der Waals surface area contributed by atoms with E-state index in [0.29, 0.717) is 11.5 Å². The van der Waals surface area contributed by atoms with Gasteiger partial charge in [0.05, 0.1) is 5.69 Å². The second-order valence-electron chi connectivity index (χ2n) is 5.90. The van der Waals surface area contributed by atoms with Crippen molar-refractivity contribution in [3.63, 3.8) is 0 Å². The molecule has 3 aromatic rings. The summed E-state index contributed by atoms with van der Waals surface area (Å²) in [7, 11) is 0. The molecule has 0 unspecified atom stereocenters. The molecule has 1 aromatic heterocycles. The molecular formula is C20H20N2O2S. The molecule has 1 N–H and O–H groups in total. The average molecular weight is 352 g/mol. The minimum Gasteiger partial charge on any atom is -0.486 e. The highest BCUT2D eigenvalue weighted by Crippen LogP contribution is 2.23. The number of hydrogen-bond acceptors (Lipinski definition) is 4. The van der Waals surface area contributed by atoms with Crippen molar-refractivity contribution in [3.05, 3.63) is 75.2 Å². The second kappa shape index (κ2) is 7.49. The number of nitrogens with one attached hydrogen (secondary N) is 1. The van der Waals surface area contributed by atoms with Gasteiger partial charge in [-0.2, -0.15) is 0 Å². The molecule has 0 spiro atoms. The maximum atomic E-state index is 12.6. The summed E-state index contributed by atoms with van der Waals surface area (Å²) in [5.41, 5.74) is 3.76. The van der Waals surface area contributed by atoms with Crippen LogP contribution in [-0.4, -0.2) is 10.9 Å². The number of nitrogens with zero attached hydrogens (tertiary/aromatic N) is 1.